The number of hydrogen-bond acceptors (Lipinski definition) is 3. The highest BCUT2D eigenvalue weighted by Gasteiger charge is 2.43. The standard InChI is InChI=1S/C16H24N2OS/c1-4-18-16(15(17)19)8-7-13(10-16)20-14-9-11(2)5-6-12(14)3/h5-6,9,13,18H,4,7-8,10H2,1-3H3,(H2,17,19). The molecule has 1 amide bonds. The molecular weight excluding hydrogens is 268 g/mol. The summed E-state index contributed by atoms with van der Waals surface area (Å²) in [5.41, 5.74) is 7.71. The Kier molecular flexibility index (Phi) is 4.76. The van der Waals surface area contributed by atoms with Crippen molar-refractivity contribution in [2.24, 2.45) is 5.73 Å². The van der Waals surface area contributed by atoms with Crippen molar-refractivity contribution in [3.05, 3.63) is 29.3 Å². The van der Waals surface area contributed by atoms with E-state index in [9.17, 15) is 4.79 Å². The first-order chi connectivity index (χ1) is 9.47. The quantitative estimate of drug-likeness (QED) is 0.877. The van der Waals surface area contributed by atoms with Crippen LogP contribution in [0.2, 0.25) is 0 Å². The molecule has 2 unspecified atom stereocenters. The van der Waals surface area contributed by atoms with E-state index < -0.39 is 5.54 Å². The molecule has 0 aromatic heterocycles. The third-order valence-corrected chi connectivity index (χ3v) is 5.52. The summed E-state index contributed by atoms with van der Waals surface area (Å²) in [6, 6.07) is 6.54. The zero-order chi connectivity index (χ0) is 14.8. The van der Waals surface area contributed by atoms with Crippen LogP contribution in [0.25, 0.3) is 0 Å². The van der Waals surface area contributed by atoms with Gasteiger partial charge in [0, 0.05) is 10.1 Å². The lowest BCUT2D eigenvalue weighted by Crippen LogP contribution is -2.53. The Bertz CT molecular complexity index is 503. The number of primary amides is 1. The van der Waals surface area contributed by atoms with E-state index in [0.717, 1.165) is 25.8 Å². The van der Waals surface area contributed by atoms with E-state index in [1.807, 2.05) is 18.7 Å². The third-order valence-electron chi connectivity index (χ3n) is 4.09. The van der Waals surface area contributed by atoms with Crippen LogP contribution in [0.15, 0.2) is 23.1 Å². The molecule has 1 aromatic rings. The Labute approximate surface area is 125 Å². The Morgan fingerprint density at radius 1 is 1.50 bits per heavy atom. The highest BCUT2D eigenvalue weighted by atomic mass is 32.2. The molecule has 0 aliphatic heterocycles. The topological polar surface area (TPSA) is 55.1 Å². The molecule has 0 saturated heterocycles. The van der Waals surface area contributed by atoms with Gasteiger partial charge in [-0.3, -0.25) is 4.79 Å². The summed E-state index contributed by atoms with van der Waals surface area (Å²) in [5.74, 6) is -0.205. The van der Waals surface area contributed by atoms with Gasteiger partial charge in [-0.05, 0) is 51.3 Å². The normalized spacial score (nSPS) is 25.9. The number of aryl methyl sites for hydroxylation is 2. The van der Waals surface area contributed by atoms with Crippen LogP contribution in [0.5, 0.6) is 0 Å². The van der Waals surface area contributed by atoms with E-state index in [1.165, 1.54) is 16.0 Å². The van der Waals surface area contributed by atoms with Crippen LogP contribution in [0.1, 0.15) is 37.3 Å². The fraction of sp³-hybridized carbons (Fsp3) is 0.562. The van der Waals surface area contributed by atoms with Crippen molar-refractivity contribution in [1.82, 2.24) is 5.32 Å². The zero-order valence-electron chi connectivity index (χ0n) is 12.5. The highest BCUT2D eigenvalue weighted by Crippen LogP contribution is 2.41. The monoisotopic (exact) mass is 292 g/mol. The molecule has 3 N–H and O–H groups in total. The summed E-state index contributed by atoms with van der Waals surface area (Å²) >= 11 is 1.89. The number of thioether (sulfide) groups is 1. The maximum Gasteiger partial charge on any atom is 0.237 e. The molecule has 0 radical (unpaired) electrons. The largest absolute Gasteiger partial charge is 0.368 e. The molecule has 1 aromatic carbocycles. The van der Waals surface area contributed by atoms with Gasteiger partial charge in [-0.1, -0.05) is 24.6 Å². The van der Waals surface area contributed by atoms with Gasteiger partial charge in [0.25, 0.3) is 0 Å². The predicted molar refractivity (Wildman–Crippen MR) is 85.0 cm³/mol. The molecule has 0 spiro atoms. The van der Waals surface area contributed by atoms with Crippen molar-refractivity contribution in [3.8, 4) is 0 Å². The zero-order valence-corrected chi connectivity index (χ0v) is 13.3. The number of amides is 1. The van der Waals surface area contributed by atoms with E-state index in [1.54, 1.807) is 0 Å². The molecule has 20 heavy (non-hydrogen) atoms. The number of carbonyl (C=O) groups excluding carboxylic acids is 1. The second-order valence-corrected chi connectivity index (χ2v) is 7.07. The smallest absolute Gasteiger partial charge is 0.237 e. The summed E-state index contributed by atoms with van der Waals surface area (Å²) in [7, 11) is 0. The Morgan fingerprint density at radius 3 is 2.90 bits per heavy atom. The Balaban J connectivity index is 2.09. The summed E-state index contributed by atoms with van der Waals surface area (Å²) in [6.45, 7) is 7.06. The first-order valence-corrected chi connectivity index (χ1v) is 8.13. The van der Waals surface area contributed by atoms with Crippen molar-refractivity contribution in [3.63, 3.8) is 0 Å². The molecule has 2 rings (SSSR count). The van der Waals surface area contributed by atoms with Gasteiger partial charge in [0.05, 0.1) is 5.54 Å². The summed E-state index contributed by atoms with van der Waals surface area (Å²) in [5, 5.41) is 3.77. The molecule has 0 bridgehead atoms. The number of hydrogen-bond donors (Lipinski definition) is 2. The number of likely N-dealkylation sites (N-methyl/N-ethyl adjacent to an activating group) is 1. The third kappa shape index (κ3) is 3.18. The first-order valence-electron chi connectivity index (χ1n) is 7.25. The predicted octanol–water partition coefficient (Wildman–Crippen LogP) is 2.78. The van der Waals surface area contributed by atoms with Gasteiger partial charge in [-0.25, -0.2) is 0 Å². The number of benzene rings is 1. The molecule has 0 heterocycles. The lowest BCUT2D eigenvalue weighted by molar-refractivity contribution is -0.124. The minimum absolute atomic E-state index is 0.205. The molecule has 1 aliphatic rings. The van der Waals surface area contributed by atoms with Crippen molar-refractivity contribution in [1.29, 1.82) is 0 Å². The maximum atomic E-state index is 11.8. The van der Waals surface area contributed by atoms with Gasteiger partial charge < -0.3 is 11.1 Å². The van der Waals surface area contributed by atoms with Gasteiger partial charge in [-0.15, -0.1) is 11.8 Å². The molecule has 4 heteroatoms. The molecule has 1 fully saturated rings. The number of carbonyl (C=O) groups is 1. The summed E-state index contributed by atoms with van der Waals surface area (Å²) < 4.78 is 0. The van der Waals surface area contributed by atoms with Gasteiger partial charge in [0.1, 0.15) is 0 Å². The fourth-order valence-electron chi connectivity index (χ4n) is 2.92. The van der Waals surface area contributed by atoms with Crippen molar-refractivity contribution < 1.29 is 4.79 Å². The molecule has 110 valence electrons. The average molecular weight is 292 g/mol. The van der Waals surface area contributed by atoms with Crippen LogP contribution >= 0.6 is 11.8 Å². The van der Waals surface area contributed by atoms with E-state index >= 15 is 0 Å². The summed E-state index contributed by atoms with van der Waals surface area (Å²) in [6.07, 6.45) is 2.71. The van der Waals surface area contributed by atoms with E-state index in [4.69, 9.17) is 5.73 Å². The van der Waals surface area contributed by atoms with Crippen LogP contribution in [-0.4, -0.2) is 23.2 Å². The van der Waals surface area contributed by atoms with E-state index in [2.05, 4.69) is 37.4 Å². The molecule has 3 nitrogen and oxygen atoms in total. The molecular formula is C16H24N2OS. The lowest BCUT2D eigenvalue weighted by atomic mass is 9.97. The Morgan fingerprint density at radius 2 is 2.25 bits per heavy atom. The van der Waals surface area contributed by atoms with Crippen LogP contribution in [0.4, 0.5) is 0 Å². The average Bonchev–Trinajstić information content (AvgIpc) is 2.79. The molecule has 1 saturated carbocycles. The second kappa shape index (κ2) is 6.19. The molecule has 1 aliphatic carbocycles. The van der Waals surface area contributed by atoms with Gasteiger partial charge in [0.15, 0.2) is 0 Å². The number of nitrogens with one attached hydrogen (secondary N) is 1. The second-order valence-electron chi connectivity index (χ2n) is 5.73. The lowest BCUT2D eigenvalue weighted by Gasteiger charge is -2.26. The minimum Gasteiger partial charge on any atom is -0.368 e. The first kappa shape index (κ1) is 15.4. The van der Waals surface area contributed by atoms with Crippen molar-refractivity contribution >= 4 is 17.7 Å². The maximum absolute atomic E-state index is 11.8. The van der Waals surface area contributed by atoms with Gasteiger partial charge in [-0.2, -0.15) is 0 Å². The van der Waals surface area contributed by atoms with Crippen LogP contribution in [0, 0.1) is 13.8 Å². The van der Waals surface area contributed by atoms with Crippen LogP contribution < -0.4 is 11.1 Å². The van der Waals surface area contributed by atoms with Crippen LogP contribution in [0.3, 0.4) is 0 Å². The van der Waals surface area contributed by atoms with E-state index in [-0.39, 0.29) is 5.91 Å². The SMILES string of the molecule is CCNC1(C(N)=O)CCC(Sc2cc(C)ccc2C)C1. The van der Waals surface area contributed by atoms with E-state index in [0.29, 0.717) is 5.25 Å². The Hall–Kier alpha value is -1.00. The van der Waals surface area contributed by atoms with Gasteiger partial charge >= 0.3 is 0 Å². The summed E-state index contributed by atoms with van der Waals surface area (Å²) in [4.78, 5) is 13.1. The highest BCUT2D eigenvalue weighted by molar-refractivity contribution is 8.00. The molecule has 2 atom stereocenters. The van der Waals surface area contributed by atoms with Crippen molar-refractivity contribution in [2.45, 2.75) is 55.7 Å². The minimum atomic E-state index is -0.496. The number of rotatable bonds is 5. The fourth-order valence-corrected chi connectivity index (χ4v) is 4.39. The van der Waals surface area contributed by atoms with Gasteiger partial charge in [0.2, 0.25) is 5.91 Å². The van der Waals surface area contributed by atoms with Crippen molar-refractivity contribution in [2.75, 3.05) is 6.54 Å². The number of nitrogens with two attached hydrogens (primary N) is 1. The van der Waals surface area contributed by atoms with Crippen LogP contribution in [-0.2, 0) is 4.79 Å².